The monoisotopic (exact) mass is 262 g/mol. The zero-order chi connectivity index (χ0) is 10.6. The minimum absolute atomic E-state index is 0.110. The van der Waals surface area contributed by atoms with Crippen molar-refractivity contribution in [2.45, 2.75) is 19.4 Å². The maximum atomic E-state index is 11.2. The molecule has 1 rings (SSSR count). The van der Waals surface area contributed by atoms with E-state index in [4.69, 9.17) is 5.11 Å². The third-order valence-corrected chi connectivity index (χ3v) is 2.34. The van der Waals surface area contributed by atoms with Gasteiger partial charge in [0.2, 0.25) is 0 Å². The van der Waals surface area contributed by atoms with Crippen LogP contribution in [-0.4, -0.2) is 21.3 Å². The fourth-order valence-electron chi connectivity index (χ4n) is 1.04. The van der Waals surface area contributed by atoms with E-state index in [1.807, 2.05) is 0 Å². The van der Waals surface area contributed by atoms with Gasteiger partial charge in [-0.15, -0.1) is 0 Å². The van der Waals surface area contributed by atoms with Crippen molar-refractivity contribution in [1.29, 1.82) is 0 Å². The van der Waals surface area contributed by atoms with Crippen molar-refractivity contribution in [3.8, 4) is 0 Å². The quantitative estimate of drug-likeness (QED) is 0.755. The normalized spacial score (nSPS) is 10.4. The lowest BCUT2D eigenvalue weighted by Crippen LogP contribution is -2.29. The molecular formula is C8H11BrN2O3. The SMILES string of the molecule is O=c1[nH]c(=O)n(CCCCO)cc1Br. The molecule has 0 aromatic carbocycles. The van der Waals surface area contributed by atoms with Crippen LogP contribution in [-0.2, 0) is 6.54 Å². The number of unbranched alkanes of at least 4 members (excludes halogenated alkanes) is 1. The molecule has 0 saturated carbocycles. The molecule has 0 aliphatic rings. The molecule has 0 saturated heterocycles. The molecule has 0 radical (unpaired) electrons. The first-order valence-electron chi connectivity index (χ1n) is 4.25. The molecule has 0 aliphatic heterocycles. The smallest absolute Gasteiger partial charge is 0.328 e. The van der Waals surface area contributed by atoms with Gasteiger partial charge in [-0.2, -0.15) is 0 Å². The van der Waals surface area contributed by atoms with Crippen LogP contribution in [0.25, 0.3) is 0 Å². The molecule has 1 aromatic heterocycles. The number of nitrogens with zero attached hydrogens (tertiary/aromatic N) is 1. The predicted octanol–water partition coefficient (Wildman–Crippen LogP) is 0.0716. The minimum atomic E-state index is -0.423. The summed E-state index contributed by atoms with van der Waals surface area (Å²) in [4.78, 5) is 24.4. The molecule has 1 aromatic rings. The molecule has 1 heterocycles. The Morgan fingerprint density at radius 1 is 1.43 bits per heavy atom. The lowest BCUT2D eigenvalue weighted by molar-refractivity contribution is 0.280. The predicted molar refractivity (Wildman–Crippen MR) is 55.3 cm³/mol. The van der Waals surface area contributed by atoms with E-state index in [-0.39, 0.29) is 6.61 Å². The Kier molecular flexibility index (Phi) is 4.09. The number of nitrogens with one attached hydrogen (secondary N) is 1. The van der Waals surface area contributed by atoms with Gasteiger partial charge in [0.05, 0.1) is 4.47 Å². The summed E-state index contributed by atoms with van der Waals surface area (Å²) in [6.07, 6.45) is 2.80. The van der Waals surface area contributed by atoms with Gasteiger partial charge in [-0.05, 0) is 28.8 Å². The van der Waals surface area contributed by atoms with Gasteiger partial charge >= 0.3 is 5.69 Å². The van der Waals surface area contributed by atoms with E-state index in [0.717, 1.165) is 0 Å². The van der Waals surface area contributed by atoms with Crippen molar-refractivity contribution in [2.75, 3.05) is 6.61 Å². The van der Waals surface area contributed by atoms with Crippen molar-refractivity contribution < 1.29 is 5.11 Å². The summed E-state index contributed by atoms with van der Waals surface area (Å²) in [6, 6.07) is 0. The maximum absolute atomic E-state index is 11.2. The van der Waals surface area contributed by atoms with Gasteiger partial charge in [0.1, 0.15) is 0 Å². The summed E-state index contributed by atoms with van der Waals surface area (Å²) in [5, 5.41) is 8.56. The number of aryl methyl sites for hydroxylation is 1. The molecule has 0 fully saturated rings. The van der Waals surface area contributed by atoms with E-state index in [9.17, 15) is 9.59 Å². The largest absolute Gasteiger partial charge is 0.396 e. The summed E-state index contributed by atoms with van der Waals surface area (Å²) in [5.41, 5.74) is -0.843. The lowest BCUT2D eigenvalue weighted by atomic mass is 10.3. The zero-order valence-corrected chi connectivity index (χ0v) is 9.08. The van der Waals surface area contributed by atoms with Crippen LogP contribution in [0.1, 0.15) is 12.8 Å². The first-order chi connectivity index (χ1) is 6.65. The van der Waals surface area contributed by atoms with Crippen LogP contribution in [0.3, 0.4) is 0 Å². The van der Waals surface area contributed by atoms with Gasteiger partial charge in [0, 0.05) is 19.3 Å². The highest BCUT2D eigenvalue weighted by atomic mass is 79.9. The van der Waals surface area contributed by atoms with E-state index < -0.39 is 11.2 Å². The number of hydrogen-bond donors (Lipinski definition) is 2. The van der Waals surface area contributed by atoms with Crippen molar-refractivity contribution in [2.24, 2.45) is 0 Å². The first-order valence-corrected chi connectivity index (χ1v) is 5.04. The van der Waals surface area contributed by atoms with Crippen molar-refractivity contribution in [3.63, 3.8) is 0 Å². The summed E-state index contributed by atoms with van der Waals surface area (Å²) >= 11 is 3.04. The summed E-state index contributed by atoms with van der Waals surface area (Å²) < 4.78 is 1.74. The number of aliphatic hydroxyl groups excluding tert-OH is 1. The van der Waals surface area contributed by atoms with E-state index in [2.05, 4.69) is 20.9 Å². The molecule has 5 nitrogen and oxygen atoms in total. The third-order valence-electron chi connectivity index (χ3n) is 1.77. The molecule has 6 heteroatoms. The molecule has 0 amide bonds. The highest BCUT2D eigenvalue weighted by molar-refractivity contribution is 9.10. The average molecular weight is 263 g/mol. The fraction of sp³-hybridized carbons (Fsp3) is 0.500. The highest BCUT2D eigenvalue weighted by Gasteiger charge is 2.00. The van der Waals surface area contributed by atoms with Gasteiger partial charge in [-0.3, -0.25) is 14.3 Å². The Hall–Kier alpha value is -0.880. The molecular weight excluding hydrogens is 252 g/mol. The Bertz CT molecular complexity index is 410. The van der Waals surface area contributed by atoms with Crippen molar-refractivity contribution in [1.82, 2.24) is 9.55 Å². The number of H-pyrrole nitrogens is 1. The Balaban J connectivity index is 2.82. The average Bonchev–Trinajstić information content (AvgIpc) is 2.14. The number of hydrogen-bond acceptors (Lipinski definition) is 3. The van der Waals surface area contributed by atoms with E-state index in [1.54, 1.807) is 0 Å². The molecule has 0 aliphatic carbocycles. The molecule has 0 atom stereocenters. The molecule has 0 unspecified atom stereocenters. The van der Waals surface area contributed by atoms with E-state index in [0.29, 0.717) is 23.9 Å². The maximum Gasteiger partial charge on any atom is 0.328 e. The van der Waals surface area contributed by atoms with Crippen molar-refractivity contribution >= 4 is 15.9 Å². The van der Waals surface area contributed by atoms with Gasteiger partial charge in [-0.1, -0.05) is 0 Å². The van der Waals surface area contributed by atoms with E-state index in [1.165, 1.54) is 10.8 Å². The Morgan fingerprint density at radius 2 is 2.14 bits per heavy atom. The second-order valence-electron chi connectivity index (χ2n) is 2.86. The van der Waals surface area contributed by atoms with Crippen LogP contribution in [0, 0.1) is 0 Å². The van der Waals surface area contributed by atoms with Gasteiger partial charge in [0.15, 0.2) is 0 Å². The second-order valence-corrected chi connectivity index (χ2v) is 3.71. The van der Waals surface area contributed by atoms with Gasteiger partial charge in [0.25, 0.3) is 5.56 Å². The van der Waals surface area contributed by atoms with Gasteiger partial charge < -0.3 is 5.11 Å². The number of aromatic nitrogens is 2. The summed E-state index contributed by atoms with van der Waals surface area (Å²) in [6.45, 7) is 0.605. The summed E-state index contributed by atoms with van der Waals surface area (Å²) in [7, 11) is 0. The van der Waals surface area contributed by atoms with Crippen LogP contribution in [0.2, 0.25) is 0 Å². The summed E-state index contributed by atoms with van der Waals surface area (Å²) in [5.74, 6) is 0. The van der Waals surface area contributed by atoms with Crippen LogP contribution in [0.4, 0.5) is 0 Å². The number of rotatable bonds is 4. The number of aromatic amines is 1. The standard InChI is InChI=1S/C8H11BrN2O3/c9-6-5-11(3-1-2-4-12)8(14)10-7(6)13/h5,12H,1-4H2,(H,10,13,14). The van der Waals surface area contributed by atoms with Crippen LogP contribution < -0.4 is 11.2 Å². The van der Waals surface area contributed by atoms with Gasteiger partial charge in [-0.25, -0.2) is 4.79 Å². The molecule has 78 valence electrons. The third kappa shape index (κ3) is 2.81. The fourth-order valence-corrected chi connectivity index (χ4v) is 1.39. The van der Waals surface area contributed by atoms with Crippen LogP contribution in [0.5, 0.6) is 0 Å². The lowest BCUT2D eigenvalue weighted by Gasteiger charge is -2.03. The molecule has 14 heavy (non-hydrogen) atoms. The number of aliphatic hydroxyl groups is 1. The highest BCUT2D eigenvalue weighted by Crippen LogP contribution is 1.99. The first kappa shape index (κ1) is 11.2. The van der Waals surface area contributed by atoms with Crippen LogP contribution in [0.15, 0.2) is 20.3 Å². The van der Waals surface area contributed by atoms with Crippen molar-refractivity contribution in [3.05, 3.63) is 31.5 Å². The molecule has 0 bridgehead atoms. The molecule has 0 spiro atoms. The van der Waals surface area contributed by atoms with E-state index >= 15 is 0 Å². The zero-order valence-electron chi connectivity index (χ0n) is 7.49. The topological polar surface area (TPSA) is 75.1 Å². The second kappa shape index (κ2) is 5.11. The Labute approximate surface area is 88.5 Å². The van der Waals surface area contributed by atoms with Crippen LogP contribution >= 0.6 is 15.9 Å². The minimum Gasteiger partial charge on any atom is -0.396 e. The number of halogens is 1. The Morgan fingerprint density at radius 3 is 2.79 bits per heavy atom. The molecule has 2 N–H and O–H groups in total.